The van der Waals surface area contributed by atoms with Gasteiger partial charge in [0.25, 0.3) is 5.91 Å². The summed E-state index contributed by atoms with van der Waals surface area (Å²) in [6, 6.07) is 4.42. The van der Waals surface area contributed by atoms with Crippen molar-refractivity contribution in [3.8, 4) is 5.69 Å². The summed E-state index contributed by atoms with van der Waals surface area (Å²) < 4.78 is 15.1. The number of nitrogens with zero attached hydrogens (tertiary/aromatic N) is 4. The summed E-state index contributed by atoms with van der Waals surface area (Å²) in [6.07, 6.45) is 1.59. The highest BCUT2D eigenvalue weighted by molar-refractivity contribution is 6.30. The Morgan fingerprint density at radius 2 is 2.17 bits per heavy atom. The van der Waals surface area contributed by atoms with Crippen molar-refractivity contribution >= 4 is 23.5 Å². The Morgan fingerprint density at radius 3 is 2.87 bits per heavy atom. The van der Waals surface area contributed by atoms with Crippen molar-refractivity contribution in [1.82, 2.24) is 19.9 Å². The Balaban J connectivity index is 2.10. The largest absolute Gasteiger partial charge is 0.481 e. The normalized spacial score (nSPS) is 10.6. The molecular formula is C14H14ClFN4O3. The fourth-order valence-electron chi connectivity index (χ4n) is 1.91. The van der Waals surface area contributed by atoms with Crippen LogP contribution in [0.15, 0.2) is 24.4 Å². The molecule has 0 saturated heterocycles. The molecule has 0 aliphatic rings. The second kappa shape index (κ2) is 7.19. The Morgan fingerprint density at radius 1 is 1.43 bits per heavy atom. The molecule has 0 atom stereocenters. The highest BCUT2D eigenvalue weighted by Crippen LogP contribution is 2.20. The molecule has 1 aromatic carbocycles. The number of aromatic nitrogens is 3. The quantitative estimate of drug-likeness (QED) is 0.868. The number of halogens is 2. The van der Waals surface area contributed by atoms with Crippen molar-refractivity contribution in [3.05, 3.63) is 40.9 Å². The number of hydrogen-bond acceptors (Lipinski definition) is 4. The Kier molecular flexibility index (Phi) is 5.28. The molecule has 2 rings (SSSR count). The fraction of sp³-hybridized carbons (Fsp3) is 0.286. The standard InChI is InChI=1S/C14H14ClFN4O3/c1-19(7-3-6-12(21)22)14(23)10-8-20(18-17-10)11-5-2-4-9(15)13(11)16/h2,4-5,8H,3,6-7H2,1H3,(H,21,22). The van der Waals surface area contributed by atoms with Crippen LogP contribution in [0.2, 0.25) is 5.02 Å². The van der Waals surface area contributed by atoms with Crippen molar-refractivity contribution < 1.29 is 19.1 Å². The Bertz CT molecular complexity index is 735. The average molecular weight is 341 g/mol. The number of carboxylic acids is 1. The molecule has 0 aliphatic carbocycles. The minimum absolute atomic E-state index is 0.0297. The molecule has 0 fully saturated rings. The van der Waals surface area contributed by atoms with Crippen molar-refractivity contribution in [3.63, 3.8) is 0 Å². The van der Waals surface area contributed by atoms with Crippen LogP contribution in [0.25, 0.3) is 5.69 Å². The third-order valence-electron chi connectivity index (χ3n) is 3.12. The lowest BCUT2D eigenvalue weighted by Gasteiger charge is -2.14. The molecule has 1 N–H and O–H groups in total. The summed E-state index contributed by atoms with van der Waals surface area (Å²) in [5, 5.41) is 16.0. The van der Waals surface area contributed by atoms with Gasteiger partial charge in [-0.2, -0.15) is 0 Å². The van der Waals surface area contributed by atoms with Gasteiger partial charge in [0.1, 0.15) is 5.69 Å². The summed E-state index contributed by atoms with van der Waals surface area (Å²) in [7, 11) is 1.53. The summed E-state index contributed by atoms with van der Waals surface area (Å²) in [6.45, 7) is 0.267. The molecule has 1 amide bonds. The van der Waals surface area contributed by atoms with Crippen LogP contribution in [0.5, 0.6) is 0 Å². The van der Waals surface area contributed by atoms with Gasteiger partial charge in [0, 0.05) is 20.0 Å². The number of hydrogen-bond donors (Lipinski definition) is 1. The lowest BCUT2D eigenvalue weighted by atomic mass is 10.3. The SMILES string of the molecule is CN(CCCC(=O)O)C(=O)c1cn(-c2cccc(Cl)c2F)nn1. The number of aliphatic carboxylic acids is 1. The molecule has 2 aromatic rings. The minimum atomic E-state index is -0.923. The van der Waals surface area contributed by atoms with E-state index < -0.39 is 17.7 Å². The van der Waals surface area contributed by atoms with Gasteiger partial charge < -0.3 is 10.0 Å². The van der Waals surface area contributed by atoms with E-state index in [4.69, 9.17) is 16.7 Å². The monoisotopic (exact) mass is 340 g/mol. The molecule has 122 valence electrons. The first-order valence-corrected chi connectivity index (χ1v) is 7.12. The van der Waals surface area contributed by atoms with Crippen LogP contribution < -0.4 is 0 Å². The van der Waals surface area contributed by atoms with E-state index in [0.29, 0.717) is 6.42 Å². The van der Waals surface area contributed by atoms with Crippen LogP contribution in [0, 0.1) is 5.82 Å². The van der Waals surface area contributed by atoms with Gasteiger partial charge in [-0.3, -0.25) is 9.59 Å². The summed E-state index contributed by atoms with van der Waals surface area (Å²) >= 11 is 5.71. The third kappa shape index (κ3) is 4.04. The van der Waals surface area contributed by atoms with E-state index in [1.807, 2.05) is 0 Å². The van der Waals surface area contributed by atoms with Crippen molar-refractivity contribution in [2.45, 2.75) is 12.8 Å². The number of carbonyl (C=O) groups is 2. The van der Waals surface area contributed by atoms with Crippen molar-refractivity contribution in [1.29, 1.82) is 0 Å². The number of benzene rings is 1. The molecule has 0 bridgehead atoms. The molecule has 1 heterocycles. The average Bonchev–Trinajstić information content (AvgIpc) is 2.98. The Labute approximate surface area is 136 Å². The molecule has 9 heteroatoms. The van der Waals surface area contributed by atoms with Gasteiger partial charge in [-0.05, 0) is 18.6 Å². The van der Waals surface area contributed by atoms with E-state index >= 15 is 0 Å². The predicted octanol–water partition coefficient (Wildman–Crippen LogP) is 2.00. The van der Waals surface area contributed by atoms with Gasteiger partial charge in [0.2, 0.25) is 0 Å². The molecule has 0 aliphatic heterocycles. The first-order chi connectivity index (χ1) is 10.9. The minimum Gasteiger partial charge on any atom is -0.481 e. The van der Waals surface area contributed by atoms with E-state index in [2.05, 4.69) is 10.3 Å². The zero-order valence-corrected chi connectivity index (χ0v) is 13.0. The molecule has 0 unspecified atom stereocenters. The van der Waals surface area contributed by atoms with Crippen molar-refractivity contribution in [2.24, 2.45) is 0 Å². The van der Waals surface area contributed by atoms with Crippen LogP contribution in [-0.4, -0.2) is 50.5 Å². The van der Waals surface area contributed by atoms with E-state index in [1.165, 1.54) is 30.3 Å². The third-order valence-corrected chi connectivity index (χ3v) is 3.41. The molecule has 0 radical (unpaired) electrons. The number of carbonyl (C=O) groups excluding carboxylic acids is 1. The second-order valence-electron chi connectivity index (χ2n) is 4.85. The first-order valence-electron chi connectivity index (χ1n) is 6.74. The lowest BCUT2D eigenvalue weighted by Crippen LogP contribution is -2.28. The lowest BCUT2D eigenvalue weighted by molar-refractivity contribution is -0.137. The van der Waals surface area contributed by atoms with E-state index in [-0.39, 0.29) is 29.4 Å². The van der Waals surface area contributed by atoms with E-state index in [0.717, 1.165) is 4.68 Å². The van der Waals surface area contributed by atoms with Gasteiger partial charge >= 0.3 is 5.97 Å². The molecule has 1 aromatic heterocycles. The second-order valence-corrected chi connectivity index (χ2v) is 5.25. The molecule has 0 spiro atoms. The molecule has 0 saturated carbocycles. The zero-order chi connectivity index (χ0) is 17.0. The van der Waals surface area contributed by atoms with Gasteiger partial charge in [-0.25, -0.2) is 9.07 Å². The van der Waals surface area contributed by atoms with Crippen LogP contribution in [-0.2, 0) is 4.79 Å². The van der Waals surface area contributed by atoms with Crippen LogP contribution in [0.4, 0.5) is 4.39 Å². The zero-order valence-electron chi connectivity index (χ0n) is 12.2. The Hall–Kier alpha value is -2.48. The van der Waals surface area contributed by atoms with Crippen molar-refractivity contribution in [2.75, 3.05) is 13.6 Å². The van der Waals surface area contributed by atoms with E-state index in [9.17, 15) is 14.0 Å². The maximum atomic E-state index is 13.9. The van der Waals surface area contributed by atoms with Crippen LogP contribution >= 0.6 is 11.6 Å². The predicted molar refractivity (Wildman–Crippen MR) is 80.2 cm³/mol. The molecule has 7 nitrogen and oxygen atoms in total. The summed E-state index contributed by atoms with van der Waals surface area (Å²) in [5.74, 6) is -2.01. The highest BCUT2D eigenvalue weighted by atomic mass is 35.5. The molecular weight excluding hydrogens is 327 g/mol. The summed E-state index contributed by atoms with van der Waals surface area (Å²) in [5.41, 5.74) is 0.111. The fourth-order valence-corrected chi connectivity index (χ4v) is 2.08. The maximum absolute atomic E-state index is 13.9. The summed E-state index contributed by atoms with van der Waals surface area (Å²) in [4.78, 5) is 24.0. The molecule has 23 heavy (non-hydrogen) atoms. The van der Waals surface area contributed by atoms with Gasteiger partial charge in [-0.1, -0.05) is 22.9 Å². The number of rotatable bonds is 6. The van der Waals surface area contributed by atoms with Gasteiger partial charge in [0.05, 0.1) is 11.2 Å². The highest BCUT2D eigenvalue weighted by Gasteiger charge is 2.18. The van der Waals surface area contributed by atoms with Crippen LogP contribution in [0.1, 0.15) is 23.3 Å². The number of carboxylic acid groups (broad SMARTS) is 1. The van der Waals surface area contributed by atoms with Gasteiger partial charge in [0.15, 0.2) is 11.5 Å². The topological polar surface area (TPSA) is 88.3 Å². The smallest absolute Gasteiger partial charge is 0.303 e. The maximum Gasteiger partial charge on any atom is 0.303 e. The number of amides is 1. The van der Waals surface area contributed by atoms with E-state index in [1.54, 1.807) is 6.07 Å². The first kappa shape index (κ1) is 16.9. The van der Waals surface area contributed by atoms with Gasteiger partial charge in [-0.15, -0.1) is 5.10 Å². The van der Waals surface area contributed by atoms with Crippen LogP contribution in [0.3, 0.4) is 0 Å².